The average Bonchev–Trinajstić information content (AvgIpc) is 2.52. The molecule has 2 nitrogen and oxygen atoms in total. The van der Waals surface area contributed by atoms with E-state index in [0.29, 0.717) is 11.7 Å². The first-order chi connectivity index (χ1) is 8.69. The summed E-state index contributed by atoms with van der Waals surface area (Å²) in [5, 5.41) is 0. The van der Waals surface area contributed by atoms with Crippen molar-refractivity contribution < 1.29 is 4.39 Å². The zero-order valence-corrected chi connectivity index (χ0v) is 11.2. The standard InChI is InChI=1S/C15H23FN2/c1-2-15-6-4-3-5-7-18(15)11-12-8-13(16)10-14(17)9-12/h8-10,15H,2-7,11,17H2,1H3. The summed E-state index contributed by atoms with van der Waals surface area (Å²) in [4.78, 5) is 2.49. The number of nitrogens with two attached hydrogens (primary N) is 1. The molecule has 1 aromatic rings. The predicted molar refractivity (Wildman–Crippen MR) is 73.8 cm³/mol. The number of nitrogens with zero attached hydrogens (tertiary/aromatic N) is 1. The van der Waals surface area contributed by atoms with E-state index in [1.807, 2.05) is 6.07 Å². The van der Waals surface area contributed by atoms with E-state index >= 15 is 0 Å². The topological polar surface area (TPSA) is 29.3 Å². The first-order valence-electron chi connectivity index (χ1n) is 6.98. The second kappa shape index (κ2) is 6.19. The fraction of sp³-hybridized carbons (Fsp3) is 0.600. The van der Waals surface area contributed by atoms with Gasteiger partial charge in [0.2, 0.25) is 0 Å². The molecule has 1 unspecified atom stereocenters. The Morgan fingerprint density at radius 1 is 1.28 bits per heavy atom. The highest BCUT2D eigenvalue weighted by Gasteiger charge is 2.19. The van der Waals surface area contributed by atoms with E-state index in [2.05, 4.69) is 11.8 Å². The molecule has 0 bridgehead atoms. The number of nitrogen functional groups attached to an aromatic ring is 1. The normalized spacial score (nSPS) is 21.8. The highest BCUT2D eigenvalue weighted by atomic mass is 19.1. The Kier molecular flexibility index (Phi) is 4.59. The first-order valence-corrected chi connectivity index (χ1v) is 6.98. The molecule has 0 radical (unpaired) electrons. The van der Waals surface area contributed by atoms with Crippen molar-refractivity contribution >= 4 is 5.69 Å². The minimum atomic E-state index is -0.229. The maximum Gasteiger partial charge on any atom is 0.125 e. The fourth-order valence-electron chi connectivity index (χ4n) is 2.91. The molecule has 1 atom stereocenters. The van der Waals surface area contributed by atoms with Gasteiger partial charge in [-0.3, -0.25) is 4.90 Å². The lowest BCUT2D eigenvalue weighted by atomic mass is 10.1. The summed E-state index contributed by atoms with van der Waals surface area (Å²) in [6.07, 6.45) is 6.33. The van der Waals surface area contributed by atoms with Gasteiger partial charge in [0.15, 0.2) is 0 Å². The molecule has 1 heterocycles. The molecule has 0 amide bonds. The van der Waals surface area contributed by atoms with Crippen molar-refractivity contribution in [3.05, 3.63) is 29.6 Å². The Labute approximate surface area is 109 Å². The molecule has 0 aliphatic carbocycles. The number of hydrogen-bond acceptors (Lipinski definition) is 2. The molecule has 1 fully saturated rings. The Hall–Kier alpha value is -1.09. The van der Waals surface area contributed by atoms with Crippen molar-refractivity contribution in [2.24, 2.45) is 0 Å². The van der Waals surface area contributed by atoms with E-state index in [1.54, 1.807) is 6.07 Å². The lowest BCUT2D eigenvalue weighted by Gasteiger charge is -2.29. The van der Waals surface area contributed by atoms with Gasteiger partial charge in [0.25, 0.3) is 0 Å². The Balaban J connectivity index is 2.09. The van der Waals surface area contributed by atoms with Crippen LogP contribution in [0.1, 0.15) is 44.6 Å². The molecule has 3 heteroatoms. The molecule has 1 aliphatic rings. The van der Waals surface area contributed by atoms with Crippen LogP contribution in [0.4, 0.5) is 10.1 Å². The molecule has 2 N–H and O–H groups in total. The molecule has 18 heavy (non-hydrogen) atoms. The van der Waals surface area contributed by atoms with E-state index in [9.17, 15) is 4.39 Å². The maximum absolute atomic E-state index is 13.3. The van der Waals surface area contributed by atoms with E-state index < -0.39 is 0 Å². The van der Waals surface area contributed by atoms with Crippen LogP contribution in [-0.2, 0) is 6.54 Å². The third-order valence-corrected chi connectivity index (χ3v) is 3.84. The number of anilines is 1. The van der Waals surface area contributed by atoms with Crippen molar-refractivity contribution in [2.75, 3.05) is 12.3 Å². The monoisotopic (exact) mass is 250 g/mol. The zero-order chi connectivity index (χ0) is 13.0. The van der Waals surface area contributed by atoms with Gasteiger partial charge in [-0.05, 0) is 49.6 Å². The van der Waals surface area contributed by atoms with Gasteiger partial charge < -0.3 is 5.73 Å². The number of likely N-dealkylation sites (tertiary alicyclic amines) is 1. The lowest BCUT2D eigenvalue weighted by molar-refractivity contribution is 0.186. The van der Waals surface area contributed by atoms with Gasteiger partial charge in [-0.15, -0.1) is 0 Å². The van der Waals surface area contributed by atoms with Crippen molar-refractivity contribution in [3.8, 4) is 0 Å². The molecule has 0 aromatic heterocycles. The van der Waals surface area contributed by atoms with Crippen LogP contribution in [0.5, 0.6) is 0 Å². The summed E-state index contributed by atoms with van der Waals surface area (Å²) < 4.78 is 13.3. The molecular weight excluding hydrogens is 227 g/mol. The van der Waals surface area contributed by atoms with Gasteiger partial charge in [-0.2, -0.15) is 0 Å². The lowest BCUT2D eigenvalue weighted by Crippen LogP contribution is -2.33. The predicted octanol–water partition coefficient (Wildman–Crippen LogP) is 3.56. The molecule has 1 saturated heterocycles. The van der Waals surface area contributed by atoms with Crippen molar-refractivity contribution in [1.29, 1.82) is 0 Å². The number of halogens is 1. The van der Waals surface area contributed by atoms with Crippen molar-refractivity contribution in [1.82, 2.24) is 4.90 Å². The number of rotatable bonds is 3. The minimum Gasteiger partial charge on any atom is -0.399 e. The fourth-order valence-corrected chi connectivity index (χ4v) is 2.91. The molecule has 100 valence electrons. The van der Waals surface area contributed by atoms with Gasteiger partial charge in [0.1, 0.15) is 5.82 Å². The molecule has 1 aromatic carbocycles. The number of benzene rings is 1. The third kappa shape index (κ3) is 3.45. The largest absolute Gasteiger partial charge is 0.399 e. The van der Waals surface area contributed by atoms with Crippen LogP contribution in [0.3, 0.4) is 0 Å². The first kappa shape index (κ1) is 13.3. The summed E-state index contributed by atoms with van der Waals surface area (Å²) in [5.41, 5.74) is 7.22. The molecule has 2 rings (SSSR count). The van der Waals surface area contributed by atoms with Gasteiger partial charge in [-0.25, -0.2) is 4.39 Å². The summed E-state index contributed by atoms with van der Waals surface area (Å²) in [6.45, 7) is 4.18. The summed E-state index contributed by atoms with van der Waals surface area (Å²) >= 11 is 0. The second-order valence-electron chi connectivity index (χ2n) is 5.27. The SMILES string of the molecule is CCC1CCCCCN1Cc1cc(N)cc(F)c1. The van der Waals surface area contributed by atoms with Gasteiger partial charge in [0, 0.05) is 18.3 Å². The maximum atomic E-state index is 13.3. The zero-order valence-electron chi connectivity index (χ0n) is 11.2. The van der Waals surface area contributed by atoms with Crippen LogP contribution in [0.2, 0.25) is 0 Å². The highest BCUT2D eigenvalue weighted by Crippen LogP contribution is 2.22. The summed E-state index contributed by atoms with van der Waals surface area (Å²) in [6, 6.07) is 5.51. The van der Waals surface area contributed by atoms with Crippen LogP contribution >= 0.6 is 0 Å². The van der Waals surface area contributed by atoms with E-state index in [1.165, 1.54) is 38.2 Å². The van der Waals surface area contributed by atoms with Crippen LogP contribution in [0.25, 0.3) is 0 Å². The van der Waals surface area contributed by atoms with Crippen molar-refractivity contribution in [2.45, 2.75) is 51.6 Å². The quantitative estimate of drug-likeness (QED) is 0.831. The average molecular weight is 250 g/mol. The van der Waals surface area contributed by atoms with Gasteiger partial charge >= 0.3 is 0 Å². The number of hydrogen-bond donors (Lipinski definition) is 1. The highest BCUT2D eigenvalue weighted by molar-refractivity contribution is 5.41. The van der Waals surface area contributed by atoms with Crippen LogP contribution in [0.15, 0.2) is 18.2 Å². The third-order valence-electron chi connectivity index (χ3n) is 3.84. The smallest absolute Gasteiger partial charge is 0.125 e. The van der Waals surface area contributed by atoms with Crippen LogP contribution in [-0.4, -0.2) is 17.5 Å². The van der Waals surface area contributed by atoms with E-state index in [-0.39, 0.29) is 5.82 Å². The Bertz CT molecular complexity index is 372. The van der Waals surface area contributed by atoms with E-state index in [4.69, 9.17) is 5.73 Å². The molecule has 0 spiro atoms. The second-order valence-corrected chi connectivity index (χ2v) is 5.27. The van der Waals surface area contributed by atoms with Crippen LogP contribution in [0, 0.1) is 5.82 Å². The molecule has 0 saturated carbocycles. The Morgan fingerprint density at radius 2 is 2.11 bits per heavy atom. The van der Waals surface area contributed by atoms with Crippen molar-refractivity contribution in [3.63, 3.8) is 0 Å². The van der Waals surface area contributed by atoms with E-state index in [0.717, 1.165) is 18.7 Å². The summed E-state index contributed by atoms with van der Waals surface area (Å²) in [5.74, 6) is -0.229. The van der Waals surface area contributed by atoms with Gasteiger partial charge in [0.05, 0.1) is 0 Å². The Morgan fingerprint density at radius 3 is 2.83 bits per heavy atom. The molecule has 1 aliphatic heterocycles. The minimum absolute atomic E-state index is 0.229. The summed E-state index contributed by atoms with van der Waals surface area (Å²) in [7, 11) is 0. The van der Waals surface area contributed by atoms with Crippen LogP contribution < -0.4 is 5.73 Å². The molecular formula is C15H23FN2. The van der Waals surface area contributed by atoms with Gasteiger partial charge in [-0.1, -0.05) is 19.8 Å².